The quantitative estimate of drug-likeness (QED) is 0.752. The normalized spacial score (nSPS) is 20.5. The summed E-state index contributed by atoms with van der Waals surface area (Å²) in [4.78, 5) is 2.08. The van der Waals surface area contributed by atoms with Crippen LogP contribution in [0, 0.1) is 0 Å². The Morgan fingerprint density at radius 3 is 2.89 bits per heavy atom. The molecule has 1 heterocycles. The summed E-state index contributed by atoms with van der Waals surface area (Å²) in [5.41, 5.74) is 6.89. The van der Waals surface area contributed by atoms with Gasteiger partial charge in [-0.15, -0.1) is 0 Å². The molecule has 1 atom stereocenters. The smallest absolute Gasteiger partial charge is 0.177 e. The number of nitrogens with zero attached hydrogens (tertiary/aromatic N) is 1. The molecule has 106 valence electrons. The molecule has 0 aliphatic carbocycles. The number of benzene rings is 1. The van der Waals surface area contributed by atoms with Crippen LogP contribution in [0.25, 0.3) is 0 Å². The molecule has 0 saturated carbocycles. The van der Waals surface area contributed by atoms with E-state index in [1.54, 1.807) is 12.1 Å². The second-order valence-corrected chi connectivity index (χ2v) is 6.57. The standard InChI is InChI=1S/C12H18N2O4S/c1-19(16,17)11-4-2-3-10(12(11)13)14-5-6-18-9(7-14)8-15/h2-4,9,15H,5-8,13H2,1H3. The maximum Gasteiger partial charge on any atom is 0.177 e. The number of aliphatic hydroxyl groups is 1. The minimum absolute atomic E-state index is 0.0673. The van der Waals surface area contributed by atoms with Gasteiger partial charge in [0.2, 0.25) is 0 Å². The molecule has 1 aromatic carbocycles. The first kappa shape index (κ1) is 14.1. The van der Waals surface area contributed by atoms with Gasteiger partial charge >= 0.3 is 0 Å². The third-order valence-corrected chi connectivity index (χ3v) is 4.28. The van der Waals surface area contributed by atoms with Crippen LogP contribution in [-0.4, -0.2) is 52.2 Å². The average Bonchev–Trinajstić information content (AvgIpc) is 2.37. The molecular formula is C12H18N2O4S. The van der Waals surface area contributed by atoms with E-state index in [1.165, 1.54) is 6.07 Å². The highest BCUT2D eigenvalue weighted by Gasteiger charge is 2.23. The molecule has 6 nitrogen and oxygen atoms in total. The Kier molecular flexibility index (Phi) is 3.98. The van der Waals surface area contributed by atoms with Crippen molar-refractivity contribution < 1.29 is 18.3 Å². The third-order valence-electron chi connectivity index (χ3n) is 3.13. The van der Waals surface area contributed by atoms with Crippen molar-refractivity contribution in [3.8, 4) is 0 Å². The molecule has 2 rings (SSSR count). The van der Waals surface area contributed by atoms with E-state index in [-0.39, 0.29) is 23.3 Å². The van der Waals surface area contributed by atoms with Crippen molar-refractivity contribution in [2.24, 2.45) is 0 Å². The maximum atomic E-state index is 11.6. The number of para-hydroxylation sites is 1. The summed E-state index contributed by atoms with van der Waals surface area (Å²) < 4.78 is 28.7. The third kappa shape index (κ3) is 2.99. The van der Waals surface area contributed by atoms with Crippen LogP contribution in [0.15, 0.2) is 23.1 Å². The Bertz CT molecular complexity index is 559. The predicted octanol–water partition coefficient (Wildman–Crippen LogP) is -0.130. The number of aliphatic hydroxyl groups excluding tert-OH is 1. The van der Waals surface area contributed by atoms with Gasteiger partial charge in [-0.05, 0) is 12.1 Å². The van der Waals surface area contributed by atoms with E-state index in [2.05, 4.69) is 0 Å². The zero-order chi connectivity index (χ0) is 14.0. The van der Waals surface area contributed by atoms with Gasteiger partial charge < -0.3 is 20.5 Å². The molecule has 19 heavy (non-hydrogen) atoms. The lowest BCUT2D eigenvalue weighted by Gasteiger charge is -2.34. The summed E-state index contributed by atoms with van der Waals surface area (Å²) >= 11 is 0. The average molecular weight is 286 g/mol. The number of morpholine rings is 1. The molecule has 3 N–H and O–H groups in total. The summed E-state index contributed by atoms with van der Waals surface area (Å²) in [5, 5.41) is 9.13. The second kappa shape index (κ2) is 5.36. The molecule has 0 bridgehead atoms. The van der Waals surface area contributed by atoms with Crippen molar-refractivity contribution in [1.29, 1.82) is 0 Å². The minimum Gasteiger partial charge on any atom is -0.396 e. The van der Waals surface area contributed by atoms with Gasteiger partial charge in [0.25, 0.3) is 0 Å². The van der Waals surface area contributed by atoms with Gasteiger partial charge in [-0.25, -0.2) is 8.42 Å². The molecule has 0 amide bonds. The Morgan fingerprint density at radius 1 is 1.53 bits per heavy atom. The van der Waals surface area contributed by atoms with E-state index >= 15 is 0 Å². The van der Waals surface area contributed by atoms with Crippen molar-refractivity contribution in [2.75, 3.05) is 43.2 Å². The van der Waals surface area contributed by atoms with Crippen LogP contribution in [-0.2, 0) is 14.6 Å². The number of hydrogen-bond donors (Lipinski definition) is 2. The van der Waals surface area contributed by atoms with Crippen LogP contribution in [0.3, 0.4) is 0 Å². The highest BCUT2D eigenvalue weighted by Crippen LogP contribution is 2.30. The summed E-state index contributed by atoms with van der Waals surface area (Å²) in [7, 11) is -3.35. The number of rotatable bonds is 3. The van der Waals surface area contributed by atoms with Gasteiger partial charge in [-0.2, -0.15) is 0 Å². The molecule has 0 spiro atoms. The van der Waals surface area contributed by atoms with Crippen LogP contribution in [0.5, 0.6) is 0 Å². The fraction of sp³-hybridized carbons (Fsp3) is 0.500. The largest absolute Gasteiger partial charge is 0.396 e. The van der Waals surface area contributed by atoms with Crippen molar-refractivity contribution >= 4 is 21.2 Å². The van der Waals surface area contributed by atoms with Gasteiger partial charge in [0.05, 0.1) is 35.6 Å². The second-order valence-electron chi connectivity index (χ2n) is 4.58. The lowest BCUT2D eigenvalue weighted by atomic mass is 10.2. The molecule has 7 heteroatoms. The van der Waals surface area contributed by atoms with Gasteiger partial charge in [-0.3, -0.25) is 0 Å². The summed E-state index contributed by atoms with van der Waals surface area (Å²) in [6.45, 7) is 1.53. The van der Waals surface area contributed by atoms with E-state index in [1.807, 2.05) is 4.90 Å². The first-order chi connectivity index (χ1) is 8.93. The Balaban J connectivity index is 2.35. The zero-order valence-corrected chi connectivity index (χ0v) is 11.6. The zero-order valence-electron chi connectivity index (χ0n) is 10.7. The highest BCUT2D eigenvalue weighted by molar-refractivity contribution is 7.90. The van der Waals surface area contributed by atoms with Crippen LogP contribution < -0.4 is 10.6 Å². The number of hydrogen-bond acceptors (Lipinski definition) is 6. The number of nitrogens with two attached hydrogens (primary N) is 1. The molecule has 1 aromatic rings. The molecule has 1 saturated heterocycles. The number of anilines is 2. The lowest BCUT2D eigenvalue weighted by molar-refractivity contribution is 0.00360. The van der Waals surface area contributed by atoms with E-state index in [0.29, 0.717) is 25.4 Å². The van der Waals surface area contributed by atoms with E-state index < -0.39 is 9.84 Å². The van der Waals surface area contributed by atoms with E-state index in [9.17, 15) is 8.42 Å². The molecule has 1 aliphatic rings. The Hall–Kier alpha value is -1.31. The maximum absolute atomic E-state index is 11.6. The molecular weight excluding hydrogens is 268 g/mol. The predicted molar refractivity (Wildman–Crippen MR) is 73.0 cm³/mol. The first-order valence-electron chi connectivity index (χ1n) is 5.99. The van der Waals surface area contributed by atoms with Crippen LogP contribution in [0.1, 0.15) is 0 Å². The SMILES string of the molecule is CS(=O)(=O)c1cccc(N2CCOC(CO)C2)c1N. The summed E-state index contributed by atoms with van der Waals surface area (Å²) in [6.07, 6.45) is 0.869. The Morgan fingerprint density at radius 2 is 2.26 bits per heavy atom. The number of nitrogen functional groups attached to an aromatic ring is 1. The van der Waals surface area contributed by atoms with Gasteiger partial charge in [-0.1, -0.05) is 6.07 Å². The van der Waals surface area contributed by atoms with Crippen LogP contribution in [0.2, 0.25) is 0 Å². The monoisotopic (exact) mass is 286 g/mol. The molecule has 1 fully saturated rings. The Labute approximate surface area is 112 Å². The van der Waals surface area contributed by atoms with Crippen molar-refractivity contribution in [3.05, 3.63) is 18.2 Å². The fourth-order valence-electron chi connectivity index (χ4n) is 2.18. The molecule has 0 aromatic heterocycles. The topological polar surface area (TPSA) is 92.9 Å². The van der Waals surface area contributed by atoms with Crippen LogP contribution >= 0.6 is 0 Å². The number of sulfone groups is 1. The van der Waals surface area contributed by atoms with Crippen molar-refractivity contribution in [1.82, 2.24) is 0 Å². The van der Waals surface area contributed by atoms with Gasteiger partial charge in [0.15, 0.2) is 9.84 Å². The van der Waals surface area contributed by atoms with Gasteiger partial charge in [0, 0.05) is 19.3 Å². The first-order valence-corrected chi connectivity index (χ1v) is 7.88. The molecule has 1 unspecified atom stereocenters. The number of ether oxygens (including phenoxy) is 1. The fourth-order valence-corrected chi connectivity index (χ4v) is 3.01. The lowest BCUT2D eigenvalue weighted by Crippen LogP contribution is -2.44. The van der Waals surface area contributed by atoms with E-state index in [0.717, 1.165) is 6.26 Å². The summed E-state index contributed by atoms with van der Waals surface area (Å²) in [5.74, 6) is 0. The van der Waals surface area contributed by atoms with Crippen molar-refractivity contribution in [2.45, 2.75) is 11.0 Å². The van der Waals surface area contributed by atoms with Crippen molar-refractivity contribution in [3.63, 3.8) is 0 Å². The van der Waals surface area contributed by atoms with E-state index in [4.69, 9.17) is 15.6 Å². The highest BCUT2D eigenvalue weighted by atomic mass is 32.2. The van der Waals surface area contributed by atoms with Gasteiger partial charge in [0.1, 0.15) is 0 Å². The molecule has 1 aliphatic heterocycles. The van der Waals surface area contributed by atoms with Crippen LogP contribution in [0.4, 0.5) is 11.4 Å². The summed E-state index contributed by atoms with van der Waals surface area (Å²) in [6, 6.07) is 4.95. The minimum atomic E-state index is -3.35. The molecule has 0 radical (unpaired) electrons.